The molecule has 102 valence electrons. The van der Waals surface area contributed by atoms with Crippen LogP contribution in [0.5, 0.6) is 11.5 Å². The first kappa shape index (κ1) is 13.4. The average Bonchev–Trinajstić information content (AvgIpc) is 2.95. The number of nitrogens with two attached hydrogens (primary N) is 1. The van der Waals surface area contributed by atoms with E-state index in [0.29, 0.717) is 23.2 Å². The highest BCUT2D eigenvalue weighted by molar-refractivity contribution is 5.60. The van der Waals surface area contributed by atoms with E-state index < -0.39 is 0 Å². The summed E-state index contributed by atoms with van der Waals surface area (Å²) >= 11 is 0. The van der Waals surface area contributed by atoms with Crippen molar-refractivity contribution < 1.29 is 14.0 Å². The summed E-state index contributed by atoms with van der Waals surface area (Å²) < 4.78 is 15.6. The van der Waals surface area contributed by atoms with Crippen molar-refractivity contribution in [3.05, 3.63) is 24.1 Å². The van der Waals surface area contributed by atoms with Crippen molar-refractivity contribution in [2.24, 2.45) is 5.73 Å². The molecule has 0 unspecified atom stereocenters. The van der Waals surface area contributed by atoms with Gasteiger partial charge in [-0.25, -0.2) is 0 Å². The first-order valence-electron chi connectivity index (χ1n) is 6.00. The number of ether oxygens (including phenoxy) is 2. The molecular weight excluding hydrogens is 246 g/mol. The van der Waals surface area contributed by atoms with E-state index in [-0.39, 0.29) is 6.04 Å². The quantitative estimate of drug-likeness (QED) is 0.890. The largest absolute Gasteiger partial charge is 0.497 e. The standard InChI is InChI=1S/C13H17N3O3/c1-4-11(14)13-15-12(16-19-13)8-5-9(17-2)7-10(6-8)18-3/h5-7,11H,4,14H2,1-3H3/t11-/m1/s1. The van der Waals surface area contributed by atoms with Gasteiger partial charge in [0.05, 0.1) is 20.3 Å². The molecular formula is C13H17N3O3. The Balaban J connectivity index is 2.37. The van der Waals surface area contributed by atoms with Gasteiger partial charge >= 0.3 is 0 Å². The molecule has 0 aliphatic carbocycles. The maximum Gasteiger partial charge on any atom is 0.243 e. The summed E-state index contributed by atoms with van der Waals surface area (Å²) in [5.41, 5.74) is 6.61. The van der Waals surface area contributed by atoms with Crippen molar-refractivity contribution >= 4 is 0 Å². The van der Waals surface area contributed by atoms with Crippen LogP contribution >= 0.6 is 0 Å². The number of aromatic nitrogens is 2. The molecule has 1 atom stereocenters. The number of methoxy groups -OCH3 is 2. The minimum atomic E-state index is -0.242. The van der Waals surface area contributed by atoms with Crippen molar-refractivity contribution in [1.82, 2.24) is 10.1 Å². The lowest BCUT2D eigenvalue weighted by Gasteiger charge is -2.05. The van der Waals surface area contributed by atoms with E-state index in [1.807, 2.05) is 19.1 Å². The lowest BCUT2D eigenvalue weighted by Crippen LogP contribution is -2.08. The molecule has 0 aliphatic heterocycles. The maximum absolute atomic E-state index is 5.85. The Bertz CT molecular complexity index is 532. The first-order chi connectivity index (χ1) is 9.17. The van der Waals surface area contributed by atoms with Gasteiger partial charge in [-0.2, -0.15) is 4.98 Å². The second-order valence-corrected chi connectivity index (χ2v) is 4.07. The summed E-state index contributed by atoms with van der Waals surface area (Å²) in [5.74, 6) is 2.23. The van der Waals surface area contributed by atoms with Crippen LogP contribution in [0.1, 0.15) is 25.3 Å². The van der Waals surface area contributed by atoms with Gasteiger partial charge in [0.25, 0.3) is 0 Å². The molecule has 6 nitrogen and oxygen atoms in total. The van der Waals surface area contributed by atoms with Crippen LogP contribution in [0.2, 0.25) is 0 Å². The van der Waals surface area contributed by atoms with Crippen LogP contribution < -0.4 is 15.2 Å². The lowest BCUT2D eigenvalue weighted by atomic mass is 10.2. The molecule has 6 heteroatoms. The van der Waals surface area contributed by atoms with E-state index in [9.17, 15) is 0 Å². The van der Waals surface area contributed by atoms with Crippen LogP contribution in [-0.4, -0.2) is 24.4 Å². The molecule has 0 spiro atoms. The monoisotopic (exact) mass is 263 g/mol. The predicted octanol–water partition coefficient (Wildman–Crippen LogP) is 2.16. The third-order valence-electron chi connectivity index (χ3n) is 2.81. The normalized spacial score (nSPS) is 12.2. The Morgan fingerprint density at radius 1 is 1.21 bits per heavy atom. The minimum absolute atomic E-state index is 0.242. The number of benzene rings is 1. The van der Waals surface area contributed by atoms with Crippen LogP contribution in [-0.2, 0) is 0 Å². The Hall–Kier alpha value is -2.08. The lowest BCUT2D eigenvalue weighted by molar-refractivity contribution is 0.352. The van der Waals surface area contributed by atoms with Gasteiger partial charge in [-0.15, -0.1) is 0 Å². The first-order valence-corrected chi connectivity index (χ1v) is 6.00. The number of hydrogen-bond acceptors (Lipinski definition) is 6. The van der Waals surface area contributed by atoms with Gasteiger partial charge in [0.2, 0.25) is 11.7 Å². The topological polar surface area (TPSA) is 83.4 Å². The SMILES string of the molecule is CC[C@@H](N)c1nc(-c2cc(OC)cc(OC)c2)no1. The molecule has 0 saturated carbocycles. The molecule has 19 heavy (non-hydrogen) atoms. The van der Waals surface area contributed by atoms with Gasteiger partial charge in [-0.1, -0.05) is 12.1 Å². The molecule has 0 amide bonds. The molecule has 1 heterocycles. The van der Waals surface area contributed by atoms with Gasteiger partial charge in [0.1, 0.15) is 11.5 Å². The van der Waals surface area contributed by atoms with Crippen LogP contribution in [0.3, 0.4) is 0 Å². The molecule has 2 aromatic rings. The number of rotatable bonds is 5. The minimum Gasteiger partial charge on any atom is -0.497 e. The van der Waals surface area contributed by atoms with Crippen LogP contribution in [0.15, 0.2) is 22.7 Å². The van der Waals surface area contributed by atoms with Crippen molar-refractivity contribution in [3.63, 3.8) is 0 Å². The van der Waals surface area contributed by atoms with E-state index in [0.717, 1.165) is 12.0 Å². The summed E-state index contributed by atoms with van der Waals surface area (Å²) in [6, 6.07) is 5.17. The zero-order chi connectivity index (χ0) is 13.8. The van der Waals surface area contributed by atoms with Crippen molar-refractivity contribution in [3.8, 4) is 22.9 Å². The predicted molar refractivity (Wildman–Crippen MR) is 70.1 cm³/mol. The average molecular weight is 263 g/mol. The summed E-state index contributed by atoms with van der Waals surface area (Å²) in [6.45, 7) is 1.96. The third kappa shape index (κ3) is 2.85. The molecule has 0 fully saturated rings. The van der Waals surface area contributed by atoms with Crippen molar-refractivity contribution in [1.29, 1.82) is 0 Å². The highest BCUT2D eigenvalue weighted by Gasteiger charge is 2.15. The van der Waals surface area contributed by atoms with Gasteiger partial charge in [-0.05, 0) is 18.6 Å². The molecule has 0 aliphatic rings. The summed E-state index contributed by atoms with van der Waals surface area (Å²) in [6.07, 6.45) is 0.739. The van der Waals surface area contributed by atoms with E-state index >= 15 is 0 Å². The molecule has 0 bridgehead atoms. The Morgan fingerprint density at radius 2 is 1.84 bits per heavy atom. The second kappa shape index (κ2) is 5.71. The van der Waals surface area contributed by atoms with Gasteiger partial charge in [0, 0.05) is 11.6 Å². The van der Waals surface area contributed by atoms with E-state index in [2.05, 4.69) is 10.1 Å². The maximum atomic E-state index is 5.85. The van der Waals surface area contributed by atoms with Gasteiger partial charge in [-0.3, -0.25) is 0 Å². The summed E-state index contributed by atoms with van der Waals surface area (Å²) in [4.78, 5) is 4.29. The van der Waals surface area contributed by atoms with Crippen LogP contribution in [0.25, 0.3) is 11.4 Å². The van der Waals surface area contributed by atoms with Crippen LogP contribution in [0.4, 0.5) is 0 Å². The summed E-state index contributed by atoms with van der Waals surface area (Å²) in [7, 11) is 3.18. The Kier molecular flexibility index (Phi) is 4.01. The fourth-order valence-electron chi connectivity index (χ4n) is 1.61. The molecule has 2 rings (SSSR count). The summed E-state index contributed by atoms with van der Waals surface area (Å²) in [5, 5.41) is 3.93. The fourth-order valence-corrected chi connectivity index (χ4v) is 1.61. The zero-order valence-electron chi connectivity index (χ0n) is 11.2. The van der Waals surface area contributed by atoms with Crippen LogP contribution in [0, 0.1) is 0 Å². The molecule has 2 N–H and O–H groups in total. The molecule has 0 radical (unpaired) electrons. The Morgan fingerprint density at radius 3 is 2.37 bits per heavy atom. The zero-order valence-corrected chi connectivity index (χ0v) is 11.2. The van der Waals surface area contributed by atoms with E-state index in [1.165, 1.54) is 0 Å². The number of nitrogens with zero attached hydrogens (tertiary/aromatic N) is 2. The van der Waals surface area contributed by atoms with E-state index in [1.54, 1.807) is 20.3 Å². The van der Waals surface area contributed by atoms with Crippen molar-refractivity contribution in [2.45, 2.75) is 19.4 Å². The fraction of sp³-hybridized carbons (Fsp3) is 0.385. The molecule has 1 aromatic carbocycles. The van der Waals surface area contributed by atoms with Gasteiger partial charge < -0.3 is 19.7 Å². The number of hydrogen-bond donors (Lipinski definition) is 1. The Labute approximate surface area is 111 Å². The highest BCUT2D eigenvalue weighted by Crippen LogP contribution is 2.28. The third-order valence-corrected chi connectivity index (χ3v) is 2.81. The molecule has 0 saturated heterocycles. The smallest absolute Gasteiger partial charge is 0.243 e. The second-order valence-electron chi connectivity index (χ2n) is 4.07. The van der Waals surface area contributed by atoms with Crippen molar-refractivity contribution in [2.75, 3.05) is 14.2 Å². The highest BCUT2D eigenvalue weighted by atomic mass is 16.5. The van der Waals surface area contributed by atoms with E-state index in [4.69, 9.17) is 19.7 Å². The molecule has 1 aromatic heterocycles. The van der Waals surface area contributed by atoms with Gasteiger partial charge in [0.15, 0.2) is 0 Å².